The molecule has 2 atom stereocenters. The summed E-state index contributed by atoms with van der Waals surface area (Å²) in [5, 5.41) is 19.3. The first-order valence-electron chi connectivity index (χ1n) is 8.30. The zero-order valence-electron chi connectivity index (χ0n) is 14.9. The van der Waals surface area contributed by atoms with Gasteiger partial charge in [0.25, 0.3) is 0 Å². The Kier molecular flexibility index (Phi) is 7.21. The lowest BCUT2D eigenvalue weighted by Crippen LogP contribution is -2.47. The topological polar surface area (TPSA) is 77.5 Å². The van der Waals surface area contributed by atoms with E-state index in [2.05, 4.69) is 32.0 Å². The standard InChI is InChI=1S/C18H26N4O2S/c1-13(8-15-6-7-25-12-15)21-18(24)20-11-16(22(2)3)9-14-4-5-17(23)19-10-14/h4-7,10,12-13,16H,8-9,11H2,1-3H3,(H,19,23)(H2,20,21,24). The van der Waals surface area contributed by atoms with Crippen LogP contribution in [0.2, 0.25) is 0 Å². The second-order valence-electron chi connectivity index (χ2n) is 6.44. The number of aromatic hydroxyl groups is 1. The zero-order valence-corrected chi connectivity index (χ0v) is 15.7. The first-order chi connectivity index (χ1) is 11.9. The number of carbonyl (C=O) groups excluding carboxylic acids is 1. The highest BCUT2D eigenvalue weighted by molar-refractivity contribution is 7.07. The molecule has 136 valence electrons. The van der Waals surface area contributed by atoms with E-state index >= 15 is 0 Å². The molecule has 0 aliphatic heterocycles. The van der Waals surface area contributed by atoms with E-state index in [1.165, 1.54) is 5.56 Å². The smallest absolute Gasteiger partial charge is 0.315 e. The molecule has 3 N–H and O–H groups in total. The lowest BCUT2D eigenvalue weighted by Gasteiger charge is -2.25. The lowest BCUT2D eigenvalue weighted by molar-refractivity contribution is 0.229. The molecule has 0 bridgehead atoms. The molecule has 0 aliphatic rings. The molecule has 7 heteroatoms. The summed E-state index contributed by atoms with van der Waals surface area (Å²) in [6.45, 7) is 2.54. The molecule has 0 saturated carbocycles. The van der Waals surface area contributed by atoms with Crippen molar-refractivity contribution in [1.82, 2.24) is 20.5 Å². The zero-order chi connectivity index (χ0) is 18.2. The monoisotopic (exact) mass is 362 g/mol. The van der Waals surface area contributed by atoms with Gasteiger partial charge < -0.3 is 20.6 Å². The van der Waals surface area contributed by atoms with Gasteiger partial charge >= 0.3 is 6.03 Å². The normalized spacial score (nSPS) is 13.4. The van der Waals surface area contributed by atoms with Crippen molar-refractivity contribution >= 4 is 17.4 Å². The Morgan fingerprint density at radius 1 is 1.28 bits per heavy atom. The number of amides is 2. The predicted octanol–water partition coefficient (Wildman–Crippen LogP) is 2.25. The maximum Gasteiger partial charge on any atom is 0.315 e. The Bertz CT molecular complexity index is 644. The Morgan fingerprint density at radius 2 is 2.08 bits per heavy atom. The van der Waals surface area contributed by atoms with Gasteiger partial charge in [-0.3, -0.25) is 0 Å². The van der Waals surface area contributed by atoms with E-state index < -0.39 is 0 Å². The number of carbonyl (C=O) groups is 1. The SMILES string of the molecule is CC(Cc1ccsc1)NC(=O)NCC(Cc1ccc(O)nc1)N(C)C. The molecule has 0 spiro atoms. The molecule has 2 aromatic rings. The molecule has 25 heavy (non-hydrogen) atoms. The molecule has 6 nitrogen and oxygen atoms in total. The number of pyridine rings is 1. The van der Waals surface area contributed by atoms with Crippen LogP contribution < -0.4 is 10.6 Å². The maximum atomic E-state index is 12.1. The molecule has 2 rings (SSSR count). The van der Waals surface area contributed by atoms with Crippen LogP contribution in [0.15, 0.2) is 35.2 Å². The summed E-state index contributed by atoms with van der Waals surface area (Å²) in [5.74, 6) is 0.0160. The van der Waals surface area contributed by atoms with Crippen LogP contribution in [-0.4, -0.2) is 53.7 Å². The summed E-state index contributed by atoms with van der Waals surface area (Å²) in [7, 11) is 3.97. The largest absolute Gasteiger partial charge is 0.493 e. The third-order valence-electron chi connectivity index (χ3n) is 4.01. The first-order valence-corrected chi connectivity index (χ1v) is 9.24. The van der Waals surface area contributed by atoms with Crippen molar-refractivity contribution in [2.24, 2.45) is 0 Å². The van der Waals surface area contributed by atoms with Crippen LogP contribution >= 0.6 is 11.3 Å². The Hall–Kier alpha value is -2.12. The van der Waals surface area contributed by atoms with E-state index in [1.54, 1.807) is 23.6 Å². The van der Waals surface area contributed by atoms with Gasteiger partial charge in [-0.05, 0) is 61.8 Å². The van der Waals surface area contributed by atoms with Crippen LogP contribution in [0.5, 0.6) is 5.88 Å². The van der Waals surface area contributed by atoms with Crippen LogP contribution in [-0.2, 0) is 12.8 Å². The third kappa shape index (κ3) is 6.72. The van der Waals surface area contributed by atoms with Crippen LogP contribution in [0.1, 0.15) is 18.1 Å². The number of rotatable bonds is 8. The van der Waals surface area contributed by atoms with Crippen molar-refractivity contribution in [2.45, 2.75) is 31.8 Å². The molecule has 2 heterocycles. The number of nitrogens with zero attached hydrogens (tertiary/aromatic N) is 2. The van der Waals surface area contributed by atoms with E-state index in [1.807, 2.05) is 32.5 Å². The summed E-state index contributed by atoms with van der Waals surface area (Å²) in [5.41, 5.74) is 2.26. The van der Waals surface area contributed by atoms with E-state index in [9.17, 15) is 9.90 Å². The molecule has 2 amide bonds. The van der Waals surface area contributed by atoms with E-state index in [-0.39, 0.29) is 24.0 Å². The van der Waals surface area contributed by atoms with Crippen LogP contribution in [0, 0.1) is 0 Å². The number of aromatic nitrogens is 1. The third-order valence-corrected chi connectivity index (χ3v) is 4.74. The van der Waals surface area contributed by atoms with Gasteiger partial charge in [-0.25, -0.2) is 9.78 Å². The van der Waals surface area contributed by atoms with Gasteiger partial charge in [-0.1, -0.05) is 6.07 Å². The highest BCUT2D eigenvalue weighted by atomic mass is 32.1. The minimum atomic E-state index is -0.154. The average molecular weight is 362 g/mol. The van der Waals surface area contributed by atoms with Gasteiger partial charge in [-0.15, -0.1) is 0 Å². The van der Waals surface area contributed by atoms with Crippen LogP contribution in [0.25, 0.3) is 0 Å². The Balaban J connectivity index is 1.79. The minimum absolute atomic E-state index is 0.0160. The van der Waals surface area contributed by atoms with Crippen molar-refractivity contribution < 1.29 is 9.90 Å². The Labute approximate surface area is 152 Å². The molecule has 0 saturated heterocycles. The summed E-state index contributed by atoms with van der Waals surface area (Å²) in [6, 6.07) is 5.57. The summed E-state index contributed by atoms with van der Waals surface area (Å²) < 4.78 is 0. The van der Waals surface area contributed by atoms with Crippen molar-refractivity contribution in [3.05, 3.63) is 46.3 Å². The van der Waals surface area contributed by atoms with Crippen LogP contribution in [0.3, 0.4) is 0 Å². The number of nitrogens with one attached hydrogen (secondary N) is 2. The van der Waals surface area contributed by atoms with Crippen LogP contribution in [0.4, 0.5) is 4.79 Å². The second kappa shape index (κ2) is 9.39. The highest BCUT2D eigenvalue weighted by Crippen LogP contribution is 2.10. The summed E-state index contributed by atoms with van der Waals surface area (Å²) in [4.78, 5) is 18.1. The fourth-order valence-corrected chi connectivity index (χ4v) is 3.23. The maximum absolute atomic E-state index is 12.1. The van der Waals surface area contributed by atoms with Gasteiger partial charge in [0.1, 0.15) is 0 Å². The fraction of sp³-hybridized carbons (Fsp3) is 0.444. The molecule has 2 aromatic heterocycles. The summed E-state index contributed by atoms with van der Waals surface area (Å²) >= 11 is 1.66. The molecule has 0 aromatic carbocycles. The molecule has 2 unspecified atom stereocenters. The van der Waals surface area contributed by atoms with Gasteiger partial charge in [-0.2, -0.15) is 11.3 Å². The van der Waals surface area contributed by atoms with Gasteiger partial charge in [0.2, 0.25) is 5.88 Å². The van der Waals surface area contributed by atoms with Gasteiger partial charge in [0.05, 0.1) is 0 Å². The molecule has 0 radical (unpaired) electrons. The van der Waals surface area contributed by atoms with E-state index in [0.717, 1.165) is 18.4 Å². The molecular formula is C18H26N4O2S. The molecule has 0 fully saturated rings. The van der Waals surface area contributed by atoms with Gasteiger partial charge in [0, 0.05) is 30.9 Å². The number of likely N-dealkylation sites (N-methyl/N-ethyl adjacent to an activating group) is 1. The Morgan fingerprint density at radius 3 is 2.68 bits per heavy atom. The number of urea groups is 1. The number of hydrogen-bond donors (Lipinski definition) is 3. The predicted molar refractivity (Wildman–Crippen MR) is 101 cm³/mol. The van der Waals surface area contributed by atoms with Crippen molar-refractivity contribution in [1.29, 1.82) is 0 Å². The minimum Gasteiger partial charge on any atom is -0.493 e. The van der Waals surface area contributed by atoms with Gasteiger partial charge in [0.15, 0.2) is 0 Å². The van der Waals surface area contributed by atoms with Crippen molar-refractivity contribution in [3.8, 4) is 5.88 Å². The lowest BCUT2D eigenvalue weighted by atomic mass is 10.1. The van der Waals surface area contributed by atoms with E-state index in [4.69, 9.17) is 0 Å². The second-order valence-corrected chi connectivity index (χ2v) is 7.22. The molecular weight excluding hydrogens is 336 g/mol. The molecule has 0 aliphatic carbocycles. The van der Waals surface area contributed by atoms with Crippen molar-refractivity contribution in [3.63, 3.8) is 0 Å². The quantitative estimate of drug-likeness (QED) is 0.673. The number of thiophene rings is 1. The fourth-order valence-electron chi connectivity index (χ4n) is 2.55. The number of hydrogen-bond acceptors (Lipinski definition) is 5. The van der Waals surface area contributed by atoms with E-state index in [0.29, 0.717) is 6.54 Å². The average Bonchev–Trinajstić information content (AvgIpc) is 3.05. The first kappa shape index (κ1) is 19.2. The summed E-state index contributed by atoms with van der Waals surface area (Å²) in [6.07, 6.45) is 3.23. The highest BCUT2D eigenvalue weighted by Gasteiger charge is 2.15. The van der Waals surface area contributed by atoms with Crippen molar-refractivity contribution in [2.75, 3.05) is 20.6 Å².